The lowest BCUT2D eigenvalue weighted by molar-refractivity contribution is 0.564. The Kier molecular flexibility index (Phi) is 3.53. The maximum Gasteiger partial charge on any atom is 0.0943 e. The Hall–Kier alpha value is 0.370. The van der Waals surface area contributed by atoms with Crippen LogP contribution in [0.1, 0.15) is 34.1 Å². The van der Waals surface area contributed by atoms with Gasteiger partial charge in [-0.25, -0.2) is 0 Å². The van der Waals surface area contributed by atoms with Crippen LogP contribution in [0, 0.1) is 5.92 Å². The summed E-state index contributed by atoms with van der Waals surface area (Å²) in [6.07, 6.45) is 1.26. The van der Waals surface area contributed by atoms with E-state index in [2.05, 4.69) is 32.7 Å². The van der Waals surface area contributed by atoms with Crippen LogP contribution in [0.2, 0.25) is 0 Å². The topological polar surface area (TPSA) is 12.4 Å². The molecule has 0 N–H and O–H groups in total. The van der Waals surface area contributed by atoms with E-state index in [0.29, 0.717) is 9.45 Å². The summed E-state index contributed by atoms with van der Waals surface area (Å²) in [6.45, 7) is 9.05. The van der Waals surface area contributed by atoms with E-state index in [1.165, 1.54) is 6.42 Å². The fourth-order valence-electron chi connectivity index (χ4n) is 1.48. The highest BCUT2D eigenvalue weighted by Gasteiger charge is 2.30. The minimum atomic E-state index is 0.356. The van der Waals surface area contributed by atoms with Crippen molar-refractivity contribution in [3.05, 3.63) is 0 Å². The molecule has 70 valence electrons. The minimum Gasteiger partial charge on any atom is -0.272 e. The molecule has 1 heterocycles. The quantitative estimate of drug-likeness (QED) is 0.680. The highest BCUT2D eigenvalue weighted by atomic mass is 32.2. The molecule has 0 spiro atoms. The SMILES string of the molecule is CC(C)CC1(C)SC=NC(C)S1. The molecule has 2 unspecified atom stereocenters. The standard InChI is InChI=1S/C9H17NS2/c1-7(2)5-9(4)11-6-10-8(3)12-9/h6-8H,5H2,1-4H3. The number of hydrogen-bond donors (Lipinski definition) is 0. The average Bonchev–Trinajstić information content (AvgIpc) is 1.82. The van der Waals surface area contributed by atoms with Crippen LogP contribution in [-0.2, 0) is 0 Å². The number of aliphatic imine (C=N–C) groups is 1. The van der Waals surface area contributed by atoms with Gasteiger partial charge in [-0.2, -0.15) is 0 Å². The van der Waals surface area contributed by atoms with Crippen LogP contribution in [0.3, 0.4) is 0 Å². The molecule has 1 aliphatic heterocycles. The fraction of sp³-hybridized carbons (Fsp3) is 0.889. The van der Waals surface area contributed by atoms with E-state index in [-0.39, 0.29) is 0 Å². The normalized spacial score (nSPS) is 35.9. The third-order valence-electron chi connectivity index (χ3n) is 1.77. The molecule has 2 atom stereocenters. The molecule has 0 aromatic heterocycles. The molecule has 3 heteroatoms. The number of nitrogens with zero attached hydrogens (tertiary/aromatic N) is 1. The van der Waals surface area contributed by atoms with Crippen LogP contribution < -0.4 is 0 Å². The first-order chi connectivity index (χ1) is 5.52. The lowest BCUT2D eigenvalue weighted by Gasteiger charge is -2.32. The highest BCUT2D eigenvalue weighted by molar-refractivity contribution is 8.25. The Morgan fingerprint density at radius 2 is 2.25 bits per heavy atom. The number of hydrogen-bond acceptors (Lipinski definition) is 3. The Morgan fingerprint density at radius 1 is 1.58 bits per heavy atom. The first-order valence-corrected chi connectivity index (χ1v) is 6.15. The highest BCUT2D eigenvalue weighted by Crippen LogP contribution is 2.46. The molecule has 0 radical (unpaired) electrons. The zero-order valence-corrected chi connectivity index (χ0v) is 9.84. The van der Waals surface area contributed by atoms with Gasteiger partial charge in [0.15, 0.2) is 0 Å². The molecule has 0 aromatic carbocycles. The van der Waals surface area contributed by atoms with Crippen LogP contribution in [0.4, 0.5) is 0 Å². The van der Waals surface area contributed by atoms with E-state index in [1.54, 1.807) is 0 Å². The summed E-state index contributed by atoms with van der Waals surface area (Å²) in [6, 6.07) is 0. The van der Waals surface area contributed by atoms with Crippen molar-refractivity contribution >= 4 is 29.1 Å². The summed E-state index contributed by atoms with van der Waals surface area (Å²) < 4.78 is 0.356. The molecule has 1 rings (SSSR count). The predicted molar refractivity (Wildman–Crippen MR) is 61.0 cm³/mol. The molecular formula is C9H17NS2. The van der Waals surface area contributed by atoms with Crippen LogP contribution in [-0.4, -0.2) is 15.0 Å². The maximum absolute atomic E-state index is 4.33. The molecule has 1 aliphatic rings. The largest absolute Gasteiger partial charge is 0.272 e. The predicted octanol–water partition coefficient (Wildman–Crippen LogP) is 3.60. The van der Waals surface area contributed by atoms with Crippen LogP contribution in [0.25, 0.3) is 0 Å². The second kappa shape index (κ2) is 4.05. The third kappa shape index (κ3) is 3.02. The molecule has 0 aromatic rings. The van der Waals surface area contributed by atoms with E-state index < -0.39 is 0 Å². The average molecular weight is 203 g/mol. The van der Waals surface area contributed by atoms with Gasteiger partial charge < -0.3 is 0 Å². The second-order valence-corrected chi connectivity index (χ2v) is 7.25. The van der Waals surface area contributed by atoms with Crippen LogP contribution >= 0.6 is 23.5 Å². The van der Waals surface area contributed by atoms with Crippen molar-refractivity contribution < 1.29 is 0 Å². The van der Waals surface area contributed by atoms with Gasteiger partial charge in [0.2, 0.25) is 0 Å². The van der Waals surface area contributed by atoms with E-state index in [4.69, 9.17) is 0 Å². The monoisotopic (exact) mass is 203 g/mol. The van der Waals surface area contributed by atoms with Gasteiger partial charge in [-0.15, -0.1) is 11.8 Å². The van der Waals surface area contributed by atoms with E-state index >= 15 is 0 Å². The molecule has 1 nitrogen and oxygen atoms in total. The summed E-state index contributed by atoms with van der Waals surface area (Å²) in [5, 5.41) is 0.440. The maximum atomic E-state index is 4.33. The lowest BCUT2D eigenvalue weighted by atomic mass is 10.1. The van der Waals surface area contributed by atoms with Gasteiger partial charge in [0.1, 0.15) is 0 Å². The van der Waals surface area contributed by atoms with Gasteiger partial charge in [-0.1, -0.05) is 25.6 Å². The Balaban J connectivity index is 2.54. The third-order valence-corrected chi connectivity index (χ3v) is 4.37. The van der Waals surface area contributed by atoms with E-state index in [1.807, 2.05) is 29.1 Å². The van der Waals surface area contributed by atoms with Crippen molar-refractivity contribution in [1.29, 1.82) is 0 Å². The van der Waals surface area contributed by atoms with Crippen molar-refractivity contribution in [2.24, 2.45) is 10.9 Å². The Labute approximate surface area is 83.8 Å². The van der Waals surface area contributed by atoms with Crippen molar-refractivity contribution in [2.75, 3.05) is 0 Å². The summed E-state index contributed by atoms with van der Waals surface area (Å²) in [5.74, 6) is 0.772. The molecule has 0 saturated carbocycles. The molecule has 0 fully saturated rings. The first-order valence-electron chi connectivity index (χ1n) is 4.39. The fourth-order valence-corrected chi connectivity index (χ4v) is 4.50. The van der Waals surface area contributed by atoms with Crippen LogP contribution in [0.15, 0.2) is 4.99 Å². The number of thioether (sulfide) groups is 2. The molecule has 0 aliphatic carbocycles. The van der Waals surface area contributed by atoms with Crippen molar-refractivity contribution in [2.45, 2.75) is 43.6 Å². The van der Waals surface area contributed by atoms with Gasteiger partial charge in [0.25, 0.3) is 0 Å². The van der Waals surface area contributed by atoms with Crippen molar-refractivity contribution in [1.82, 2.24) is 0 Å². The van der Waals surface area contributed by atoms with E-state index in [0.717, 1.165) is 5.92 Å². The smallest absolute Gasteiger partial charge is 0.0943 e. The molecular weight excluding hydrogens is 186 g/mol. The van der Waals surface area contributed by atoms with Gasteiger partial charge >= 0.3 is 0 Å². The summed E-state index contributed by atoms with van der Waals surface area (Å²) in [5.41, 5.74) is 2.02. The molecule has 0 bridgehead atoms. The summed E-state index contributed by atoms with van der Waals surface area (Å²) in [7, 11) is 0. The number of rotatable bonds is 2. The van der Waals surface area contributed by atoms with Gasteiger partial charge in [-0.05, 0) is 26.2 Å². The molecule has 12 heavy (non-hydrogen) atoms. The van der Waals surface area contributed by atoms with Gasteiger partial charge in [0, 0.05) is 0 Å². The first kappa shape index (κ1) is 10.5. The second-order valence-electron chi connectivity index (χ2n) is 3.82. The zero-order valence-electron chi connectivity index (χ0n) is 8.20. The Morgan fingerprint density at radius 3 is 2.75 bits per heavy atom. The van der Waals surface area contributed by atoms with Crippen molar-refractivity contribution in [3.8, 4) is 0 Å². The molecule has 0 amide bonds. The Bertz CT molecular complexity index is 179. The molecule has 0 saturated heterocycles. The minimum absolute atomic E-state index is 0.356. The lowest BCUT2D eigenvalue weighted by Crippen LogP contribution is -2.23. The zero-order chi connectivity index (χ0) is 9.19. The van der Waals surface area contributed by atoms with Gasteiger partial charge in [0.05, 0.1) is 15.0 Å². The van der Waals surface area contributed by atoms with Crippen LogP contribution in [0.5, 0.6) is 0 Å². The summed E-state index contributed by atoms with van der Waals surface area (Å²) >= 11 is 3.85. The van der Waals surface area contributed by atoms with Crippen molar-refractivity contribution in [3.63, 3.8) is 0 Å². The van der Waals surface area contributed by atoms with E-state index in [9.17, 15) is 0 Å². The van der Waals surface area contributed by atoms with Gasteiger partial charge in [-0.3, -0.25) is 4.99 Å². The summed E-state index contributed by atoms with van der Waals surface area (Å²) in [4.78, 5) is 4.33.